The maximum absolute atomic E-state index is 7.08. The van der Waals surface area contributed by atoms with Crippen LogP contribution in [0.5, 0.6) is 0 Å². The van der Waals surface area contributed by atoms with Crippen molar-refractivity contribution in [1.29, 1.82) is 5.41 Å². The highest BCUT2D eigenvalue weighted by molar-refractivity contribution is 9.12. The molecule has 0 saturated heterocycles. The van der Waals surface area contributed by atoms with Gasteiger partial charge in [0.1, 0.15) is 0 Å². The summed E-state index contributed by atoms with van der Waals surface area (Å²) in [6.45, 7) is 5.12. The highest BCUT2D eigenvalue weighted by Crippen LogP contribution is 2.06. The minimum absolute atomic E-state index is 0.446. The van der Waals surface area contributed by atoms with Crippen LogP contribution in [0, 0.1) is 5.41 Å². The molecule has 3 heteroatoms. The Morgan fingerprint density at radius 3 is 2.33 bits per heavy atom. The summed E-state index contributed by atoms with van der Waals surface area (Å²) in [6, 6.07) is 0. The number of halogens is 1. The summed E-state index contributed by atoms with van der Waals surface area (Å²) in [7, 11) is 0. The first kappa shape index (κ1) is 8.43. The smallest absolute Gasteiger partial charge is 0.0425 e. The van der Waals surface area contributed by atoms with Crippen molar-refractivity contribution in [2.75, 3.05) is 0 Å². The molecule has 0 rings (SSSR count). The molecule has 0 atom stereocenters. The lowest BCUT2D eigenvalue weighted by Crippen LogP contribution is -1.93. The lowest BCUT2D eigenvalue weighted by atomic mass is 10.3. The fraction of sp³-hybridized carbons (Fsp3) is 0.167. The van der Waals surface area contributed by atoms with Crippen LogP contribution in [-0.2, 0) is 0 Å². The van der Waals surface area contributed by atoms with Gasteiger partial charge in [0.15, 0.2) is 0 Å². The molecule has 0 bridgehead atoms. The monoisotopic (exact) mass is 188 g/mol. The molecule has 0 aromatic carbocycles. The van der Waals surface area contributed by atoms with Gasteiger partial charge >= 0.3 is 0 Å². The Hall–Kier alpha value is -0.570. The molecule has 0 aliphatic rings. The Labute approximate surface area is 63.1 Å². The van der Waals surface area contributed by atoms with Crippen LogP contribution < -0.4 is 5.73 Å². The Morgan fingerprint density at radius 2 is 2.22 bits per heavy atom. The van der Waals surface area contributed by atoms with Gasteiger partial charge in [-0.1, -0.05) is 6.58 Å². The summed E-state index contributed by atoms with van der Waals surface area (Å²) in [4.78, 5) is 0. The third-order valence-electron chi connectivity index (χ3n) is 0.670. The Kier molecular flexibility index (Phi) is 3.24. The highest BCUT2D eigenvalue weighted by atomic mass is 79.9. The first-order chi connectivity index (χ1) is 4.04. The van der Waals surface area contributed by atoms with E-state index in [1.165, 1.54) is 0 Å². The zero-order chi connectivity index (χ0) is 7.44. The van der Waals surface area contributed by atoms with E-state index in [1.807, 2.05) is 0 Å². The molecule has 50 valence electrons. The van der Waals surface area contributed by atoms with Crippen molar-refractivity contribution in [2.45, 2.75) is 6.92 Å². The third-order valence-corrected chi connectivity index (χ3v) is 1.49. The van der Waals surface area contributed by atoms with Crippen molar-refractivity contribution < 1.29 is 0 Å². The van der Waals surface area contributed by atoms with E-state index in [9.17, 15) is 0 Å². The summed E-state index contributed by atoms with van der Waals surface area (Å²) >= 11 is 3.14. The number of rotatable bonds is 2. The molecular formula is C6H9BrN2. The van der Waals surface area contributed by atoms with Gasteiger partial charge in [-0.15, -0.1) is 0 Å². The van der Waals surface area contributed by atoms with Crippen molar-refractivity contribution in [3.05, 3.63) is 22.8 Å². The zero-order valence-corrected chi connectivity index (χ0v) is 6.83. The molecule has 0 aliphatic heterocycles. The van der Waals surface area contributed by atoms with E-state index in [0.717, 1.165) is 0 Å². The van der Waals surface area contributed by atoms with Gasteiger partial charge in [-0.3, -0.25) is 0 Å². The van der Waals surface area contributed by atoms with E-state index in [2.05, 4.69) is 22.5 Å². The van der Waals surface area contributed by atoms with E-state index in [4.69, 9.17) is 11.1 Å². The fourth-order valence-electron chi connectivity index (χ4n) is 0.271. The maximum Gasteiger partial charge on any atom is 0.0425 e. The first-order valence-electron chi connectivity index (χ1n) is 2.41. The predicted molar refractivity (Wildman–Crippen MR) is 43.7 cm³/mol. The SMILES string of the molecule is C=C(N)/C=C(/Br)C(C)=N. The highest BCUT2D eigenvalue weighted by Gasteiger charge is 1.91. The van der Waals surface area contributed by atoms with Gasteiger partial charge in [-0.2, -0.15) is 0 Å². The molecule has 0 unspecified atom stereocenters. The Balaban J connectivity index is 4.17. The molecule has 0 spiro atoms. The van der Waals surface area contributed by atoms with Crippen molar-refractivity contribution >= 4 is 21.6 Å². The van der Waals surface area contributed by atoms with Crippen LogP contribution in [-0.4, -0.2) is 5.71 Å². The third kappa shape index (κ3) is 3.97. The number of nitrogens with one attached hydrogen (secondary N) is 1. The number of allylic oxidation sites excluding steroid dienone is 2. The minimum Gasteiger partial charge on any atom is -0.399 e. The Morgan fingerprint density at radius 1 is 1.78 bits per heavy atom. The van der Waals surface area contributed by atoms with Crippen molar-refractivity contribution in [3.63, 3.8) is 0 Å². The lowest BCUT2D eigenvalue weighted by Gasteiger charge is -1.92. The number of nitrogens with two attached hydrogens (primary N) is 1. The second kappa shape index (κ2) is 3.45. The van der Waals surface area contributed by atoms with Gasteiger partial charge in [-0.25, -0.2) is 0 Å². The van der Waals surface area contributed by atoms with Crippen molar-refractivity contribution in [2.24, 2.45) is 5.73 Å². The predicted octanol–water partition coefficient (Wildman–Crippen LogP) is 1.78. The average molecular weight is 189 g/mol. The summed E-state index contributed by atoms with van der Waals surface area (Å²) in [5.74, 6) is 0. The molecule has 9 heavy (non-hydrogen) atoms. The van der Waals surface area contributed by atoms with Gasteiger partial charge in [0.25, 0.3) is 0 Å². The summed E-state index contributed by atoms with van der Waals surface area (Å²) < 4.78 is 0.676. The molecule has 3 N–H and O–H groups in total. The van der Waals surface area contributed by atoms with Gasteiger partial charge < -0.3 is 11.1 Å². The minimum atomic E-state index is 0.446. The average Bonchev–Trinajstić information content (AvgIpc) is 1.63. The number of hydrogen-bond acceptors (Lipinski definition) is 2. The molecule has 0 fully saturated rings. The fourth-order valence-corrected chi connectivity index (χ4v) is 0.565. The Bertz CT molecular complexity index is 170. The summed E-state index contributed by atoms with van der Waals surface area (Å²) in [5, 5.41) is 7.08. The van der Waals surface area contributed by atoms with E-state index in [0.29, 0.717) is 15.9 Å². The summed E-state index contributed by atoms with van der Waals surface area (Å²) in [5.41, 5.74) is 6.13. The quantitative estimate of drug-likeness (QED) is 0.504. The van der Waals surface area contributed by atoms with E-state index in [-0.39, 0.29) is 0 Å². The number of hydrogen-bond donors (Lipinski definition) is 2. The molecule has 0 amide bonds. The molecule has 0 aliphatic carbocycles. The van der Waals surface area contributed by atoms with Crippen molar-refractivity contribution in [3.8, 4) is 0 Å². The molecule has 0 aromatic rings. The van der Waals surface area contributed by atoms with Crippen LogP contribution in [0.4, 0.5) is 0 Å². The van der Waals surface area contributed by atoms with E-state index in [1.54, 1.807) is 13.0 Å². The maximum atomic E-state index is 7.08. The van der Waals surface area contributed by atoms with Gasteiger partial charge in [0.05, 0.1) is 0 Å². The van der Waals surface area contributed by atoms with Crippen molar-refractivity contribution in [1.82, 2.24) is 0 Å². The van der Waals surface area contributed by atoms with Crippen LogP contribution in [0.15, 0.2) is 22.8 Å². The standard InChI is InChI=1S/C6H9BrN2/c1-4(8)3-6(7)5(2)9/h3,9H,1,8H2,2H3/b6-3+,9-5?. The van der Waals surface area contributed by atoms with Crippen LogP contribution in [0.3, 0.4) is 0 Å². The summed E-state index contributed by atoms with van der Waals surface area (Å²) in [6.07, 6.45) is 1.60. The normalized spacial score (nSPS) is 11.1. The largest absolute Gasteiger partial charge is 0.399 e. The van der Waals surface area contributed by atoms with E-state index < -0.39 is 0 Å². The molecular weight excluding hydrogens is 180 g/mol. The van der Waals surface area contributed by atoms with Crippen LogP contribution >= 0.6 is 15.9 Å². The second-order valence-electron chi connectivity index (χ2n) is 1.69. The first-order valence-corrected chi connectivity index (χ1v) is 3.20. The molecule has 0 heterocycles. The van der Waals surface area contributed by atoms with Gasteiger partial charge in [0.2, 0.25) is 0 Å². The second-order valence-corrected chi connectivity index (χ2v) is 2.55. The molecule has 2 nitrogen and oxygen atoms in total. The van der Waals surface area contributed by atoms with E-state index >= 15 is 0 Å². The van der Waals surface area contributed by atoms with Crippen LogP contribution in [0.25, 0.3) is 0 Å². The van der Waals surface area contributed by atoms with Crippen LogP contribution in [0.2, 0.25) is 0 Å². The lowest BCUT2D eigenvalue weighted by molar-refractivity contribution is 1.44. The zero-order valence-electron chi connectivity index (χ0n) is 5.24. The molecule has 0 aromatic heterocycles. The van der Waals surface area contributed by atoms with Crippen LogP contribution in [0.1, 0.15) is 6.92 Å². The topological polar surface area (TPSA) is 49.9 Å². The van der Waals surface area contributed by atoms with Gasteiger partial charge in [0, 0.05) is 15.9 Å². The molecule has 0 saturated carbocycles. The van der Waals surface area contributed by atoms with Gasteiger partial charge in [-0.05, 0) is 28.9 Å². The molecule has 0 radical (unpaired) electrons.